The van der Waals surface area contributed by atoms with Crippen molar-refractivity contribution in [2.75, 3.05) is 19.4 Å². The van der Waals surface area contributed by atoms with Crippen molar-refractivity contribution in [3.8, 4) is 0 Å². The van der Waals surface area contributed by atoms with Gasteiger partial charge in [0.1, 0.15) is 11.5 Å². The molecule has 140 valence electrons. The highest BCUT2D eigenvalue weighted by Crippen LogP contribution is 2.38. The van der Waals surface area contributed by atoms with Crippen LogP contribution in [-0.2, 0) is 6.42 Å². The van der Waals surface area contributed by atoms with Crippen molar-refractivity contribution >= 4 is 33.9 Å². The molecule has 3 aromatic rings. The molecule has 0 amide bonds. The number of benzene rings is 1. The molecular formula is C22H20ClN5. The van der Waals surface area contributed by atoms with E-state index in [1.54, 1.807) is 0 Å². The minimum absolute atomic E-state index is 0.711. The Hall–Kier alpha value is -3.18. The molecule has 2 aliphatic heterocycles. The summed E-state index contributed by atoms with van der Waals surface area (Å²) >= 11 is 6.35. The predicted octanol–water partition coefficient (Wildman–Crippen LogP) is 4.46. The number of rotatable bonds is 1. The Bertz CT molecular complexity index is 1200. The number of aromatic amines is 1. The van der Waals surface area contributed by atoms with E-state index in [2.05, 4.69) is 45.4 Å². The standard InChI is InChI=1S/C22H20ClN5/c1-12-17-10-19(22(26-12)28(2)3)27-20-14(11-25-21-16(20)6-7-24-21)8-13-4-5-15(23)9-18(13)17/h4-7,9-11,26-27H,1,8H2,2-3H3,(H,24,25). The van der Waals surface area contributed by atoms with Gasteiger partial charge < -0.3 is 20.5 Å². The Morgan fingerprint density at radius 3 is 2.82 bits per heavy atom. The fourth-order valence-electron chi connectivity index (χ4n) is 3.89. The van der Waals surface area contributed by atoms with Crippen molar-refractivity contribution < 1.29 is 0 Å². The van der Waals surface area contributed by atoms with Gasteiger partial charge in [-0.25, -0.2) is 4.98 Å². The highest BCUT2D eigenvalue weighted by molar-refractivity contribution is 6.30. The molecule has 4 heterocycles. The van der Waals surface area contributed by atoms with Crippen LogP contribution in [0.2, 0.25) is 5.02 Å². The van der Waals surface area contributed by atoms with E-state index >= 15 is 0 Å². The molecule has 5 nitrogen and oxygen atoms in total. The van der Waals surface area contributed by atoms with E-state index < -0.39 is 0 Å². The van der Waals surface area contributed by atoms with Crippen molar-refractivity contribution in [1.82, 2.24) is 20.2 Å². The first kappa shape index (κ1) is 17.0. The smallest absolute Gasteiger partial charge is 0.139 e. The Morgan fingerprint density at radius 1 is 1.14 bits per heavy atom. The maximum Gasteiger partial charge on any atom is 0.139 e. The van der Waals surface area contributed by atoms with Crippen LogP contribution in [0.15, 0.2) is 66.5 Å². The SMILES string of the molecule is C=C1NC(N(C)C)=C2C=C1c1cc(Cl)ccc1Cc1cnc3[nH]ccc3c1N2. The number of halogens is 1. The third kappa shape index (κ3) is 2.59. The van der Waals surface area contributed by atoms with Crippen LogP contribution in [0.25, 0.3) is 16.6 Å². The molecule has 0 atom stereocenters. The largest absolute Gasteiger partial charge is 0.363 e. The number of dihydropyridines is 1. The van der Waals surface area contributed by atoms with Crippen LogP contribution in [0.3, 0.4) is 0 Å². The summed E-state index contributed by atoms with van der Waals surface area (Å²) in [7, 11) is 4.03. The van der Waals surface area contributed by atoms with E-state index in [1.807, 2.05) is 43.5 Å². The molecule has 6 heteroatoms. The summed E-state index contributed by atoms with van der Waals surface area (Å²) in [4.78, 5) is 9.86. The number of anilines is 1. The number of nitrogens with zero attached hydrogens (tertiary/aromatic N) is 2. The molecule has 5 rings (SSSR count). The second kappa shape index (κ2) is 6.17. The third-order valence-electron chi connectivity index (χ3n) is 5.25. The average molecular weight is 390 g/mol. The summed E-state index contributed by atoms with van der Waals surface area (Å²) in [6.07, 6.45) is 6.76. The van der Waals surface area contributed by atoms with E-state index in [4.69, 9.17) is 11.6 Å². The Balaban J connectivity index is 1.84. The number of fused-ring (bicyclic) bond motifs is 6. The molecule has 0 unspecified atom stereocenters. The fourth-order valence-corrected chi connectivity index (χ4v) is 4.06. The molecule has 28 heavy (non-hydrogen) atoms. The van der Waals surface area contributed by atoms with E-state index in [9.17, 15) is 0 Å². The summed E-state index contributed by atoms with van der Waals surface area (Å²) < 4.78 is 0. The van der Waals surface area contributed by atoms with Crippen molar-refractivity contribution in [3.63, 3.8) is 0 Å². The Morgan fingerprint density at radius 2 is 2.00 bits per heavy atom. The van der Waals surface area contributed by atoms with E-state index in [1.165, 1.54) is 5.56 Å². The first-order chi connectivity index (χ1) is 13.5. The number of hydrogen-bond acceptors (Lipinski definition) is 4. The predicted molar refractivity (Wildman–Crippen MR) is 115 cm³/mol. The van der Waals surface area contributed by atoms with Gasteiger partial charge in [-0.15, -0.1) is 0 Å². The molecular weight excluding hydrogens is 370 g/mol. The maximum absolute atomic E-state index is 6.35. The fraction of sp³-hybridized carbons (Fsp3) is 0.136. The molecule has 2 bridgehead atoms. The molecule has 0 fully saturated rings. The highest BCUT2D eigenvalue weighted by Gasteiger charge is 2.24. The van der Waals surface area contributed by atoms with E-state index in [0.29, 0.717) is 5.02 Å². The summed E-state index contributed by atoms with van der Waals surface area (Å²) in [6.45, 7) is 4.26. The molecule has 2 aromatic heterocycles. The van der Waals surface area contributed by atoms with Crippen LogP contribution in [0.4, 0.5) is 5.69 Å². The number of pyridine rings is 1. The molecule has 0 aliphatic carbocycles. The minimum atomic E-state index is 0.711. The van der Waals surface area contributed by atoms with Crippen LogP contribution in [0.1, 0.15) is 16.7 Å². The average Bonchev–Trinajstić information content (AvgIpc) is 3.15. The topological polar surface area (TPSA) is 56.0 Å². The lowest BCUT2D eigenvalue weighted by Gasteiger charge is -2.29. The minimum Gasteiger partial charge on any atom is -0.363 e. The quantitative estimate of drug-likeness (QED) is 0.575. The van der Waals surface area contributed by atoms with Gasteiger partial charge in [-0.1, -0.05) is 24.2 Å². The zero-order valence-corrected chi connectivity index (χ0v) is 16.5. The number of H-pyrrole nitrogens is 1. The van der Waals surface area contributed by atoms with Gasteiger partial charge in [0.25, 0.3) is 0 Å². The third-order valence-corrected chi connectivity index (χ3v) is 5.49. The second-order valence-electron chi connectivity index (χ2n) is 7.32. The molecule has 0 spiro atoms. The molecule has 2 aliphatic rings. The number of allylic oxidation sites excluding steroid dienone is 2. The number of aromatic nitrogens is 2. The highest BCUT2D eigenvalue weighted by atomic mass is 35.5. The Labute approximate surface area is 168 Å². The van der Waals surface area contributed by atoms with Gasteiger partial charge in [0.15, 0.2) is 0 Å². The molecule has 0 saturated heterocycles. The van der Waals surface area contributed by atoms with Gasteiger partial charge >= 0.3 is 0 Å². The summed E-state index contributed by atoms with van der Waals surface area (Å²) in [5, 5.41) is 8.91. The molecule has 3 N–H and O–H groups in total. The normalized spacial score (nSPS) is 15.5. The zero-order chi connectivity index (χ0) is 19.4. The van der Waals surface area contributed by atoms with Crippen molar-refractivity contribution in [3.05, 3.63) is 88.2 Å². The van der Waals surface area contributed by atoms with Gasteiger partial charge in [-0.3, -0.25) is 0 Å². The lowest BCUT2D eigenvalue weighted by Crippen LogP contribution is -2.31. The second-order valence-corrected chi connectivity index (χ2v) is 7.76. The number of hydrogen-bond donors (Lipinski definition) is 3. The number of nitrogens with one attached hydrogen (secondary N) is 3. The molecule has 1 aromatic carbocycles. The maximum atomic E-state index is 6.35. The Kier molecular flexibility index (Phi) is 3.74. The van der Waals surface area contributed by atoms with Crippen molar-refractivity contribution in [2.45, 2.75) is 6.42 Å². The first-order valence-corrected chi connectivity index (χ1v) is 9.49. The molecule has 0 saturated carbocycles. The van der Waals surface area contributed by atoms with Crippen molar-refractivity contribution in [2.24, 2.45) is 0 Å². The van der Waals surface area contributed by atoms with Crippen LogP contribution in [0.5, 0.6) is 0 Å². The van der Waals surface area contributed by atoms with Gasteiger partial charge in [0, 0.05) is 54.6 Å². The lowest BCUT2D eigenvalue weighted by molar-refractivity contribution is 0.473. The first-order valence-electron chi connectivity index (χ1n) is 9.11. The van der Waals surface area contributed by atoms with Crippen molar-refractivity contribution in [1.29, 1.82) is 0 Å². The van der Waals surface area contributed by atoms with Gasteiger partial charge in [-0.2, -0.15) is 0 Å². The van der Waals surface area contributed by atoms with Crippen LogP contribution >= 0.6 is 11.6 Å². The van der Waals surface area contributed by atoms with Crippen LogP contribution in [-0.4, -0.2) is 29.0 Å². The van der Waals surface area contributed by atoms with E-state index in [0.717, 1.165) is 57.1 Å². The monoisotopic (exact) mass is 389 g/mol. The van der Waals surface area contributed by atoms with Gasteiger partial charge in [0.05, 0.1) is 11.4 Å². The van der Waals surface area contributed by atoms with Crippen LogP contribution in [0, 0.1) is 0 Å². The summed E-state index contributed by atoms with van der Waals surface area (Å²) in [6, 6.07) is 8.11. The lowest BCUT2D eigenvalue weighted by atomic mass is 9.92. The van der Waals surface area contributed by atoms with Gasteiger partial charge in [0.2, 0.25) is 0 Å². The zero-order valence-electron chi connectivity index (χ0n) is 15.7. The summed E-state index contributed by atoms with van der Waals surface area (Å²) in [5.41, 5.74) is 8.21. The van der Waals surface area contributed by atoms with Crippen LogP contribution < -0.4 is 10.6 Å². The van der Waals surface area contributed by atoms with Gasteiger partial charge in [-0.05, 0) is 41.0 Å². The molecule has 0 radical (unpaired) electrons. The van der Waals surface area contributed by atoms with E-state index in [-0.39, 0.29) is 0 Å². The summed E-state index contributed by atoms with van der Waals surface area (Å²) in [5.74, 6) is 0.964.